The van der Waals surface area contributed by atoms with Gasteiger partial charge in [-0.3, -0.25) is 9.59 Å². The molecule has 3 aromatic carbocycles. The zero-order valence-electron chi connectivity index (χ0n) is 19.9. The molecule has 174 valence electrons. The molecule has 5 heteroatoms. The number of para-hydroxylation sites is 1. The number of ketones is 1. The smallest absolute Gasteiger partial charge is 0.329 e. The third-order valence-electron chi connectivity index (χ3n) is 7.34. The van der Waals surface area contributed by atoms with Gasteiger partial charge < -0.3 is 9.64 Å². The van der Waals surface area contributed by atoms with E-state index in [1.165, 1.54) is 7.11 Å². The zero-order valence-corrected chi connectivity index (χ0v) is 19.9. The van der Waals surface area contributed by atoms with Crippen LogP contribution in [0.1, 0.15) is 38.5 Å². The lowest BCUT2D eigenvalue weighted by Gasteiger charge is -2.36. The molecule has 2 heterocycles. The Bertz CT molecular complexity index is 1390. The molecule has 0 unspecified atom stereocenters. The van der Waals surface area contributed by atoms with Crippen molar-refractivity contribution in [3.63, 3.8) is 0 Å². The number of anilines is 1. The molecule has 0 spiro atoms. The number of aryl methyl sites for hydroxylation is 2. The van der Waals surface area contributed by atoms with Crippen LogP contribution in [-0.4, -0.2) is 30.9 Å². The first-order valence-electron chi connectivity index (χ1n) is 11.7. The molecule has 1 saturated heterocycles. The third-order valence-corrected chi connectivity index (χ3v) is 7.34. The fraction of sp³-hybridized carbons (Fsp3) is 0.233. The summed E-state index contributed by atoms with van der Waals surface area (Å²) in [6.07, 6.45) is 3.80. The summed E-state index contributed by atoms with van der Waals surface area (Å²) >= 11 is 0. The fourth-order valence-electron chi connectivity index (χ4n) is 5.83. The Labute approximate surface area is 205 Å². The lowest BCUT2D eigenvalue weighted by molar-refractivity contribution is -0.150. The number of Topliss-reactive ketones (excluding diaryl/α,β-unsaturated/α-hetero) is 1. The first kappa shape index (κ1) is 22.6. The van der Waals surface area contributed by atoms with E-state index in [4.69, 9.17) is 4.74 Å². The first-order chi connectivity index (χ1) is 16.9. The predicted molar refractivity (Wildman–Crippen MR) is 135 cm³/mol. The van der Waals surface area contributed by atoms with E-state index >= 15 is 0 Å². The molecule has 0 amide bonds. The van der Waals surface area contributed by atoms with Gasteiger partial charge in [0.2, 0.25) is 0 Å². The first-order valence-corrected chi connectivity index (χ1v) is 11.7. The van der Waals surface area contributed by atoms with Crippen LogP contribution in [0.3, 0.4) is 0 Å². The van der Waals surface area contributed by atoms with Crippen molar-refractivity contribution in [1.82, 2.24) is 0 Å². The maximum atomic E-state index is 14.3. The topological polar surface area (TPSA) is 70.4 Å². The van der Waals surface area contributed by atoms with Crippen molar-refractivity contribution in [2.24, 2.45) is 5.41 Å². The number of hydrogen-bond donors (Lipinski definition) is 0. The van der Waals surface area contributed by atoms with Crippen LogP contribution in [0.15, 0.2) is 78.9 Å². The summed E-state index contributed by atoms with van der Waals surface area (Å²) in [5.74, 6) is -1.51. The summed E-state index contributed by atoms with van der Waals surface area (Å²) in [7, 11) is 1.30. The van der Waals surface area contributed by atoms with E-state index in [1.54, 1.807) is 12.1 Å². The Kier molecular flexibility index (Phi) is 5.53. The number of hydrogen-bond acceptors (Lipinski definition) is 5. The zero-order chi connectivity index (χ0) is 24.7. The normalized spacial score (nSPS) is 24.3. The molecule has 5 rings (SSSR count). The molecule has 0 bridgehead atoms. The molecule has 1 fully saturated rings. The number of nitrogens with zero attached hydrogens (tertiary/aromatic N) is 2. The number of carbonyl (C=O) groups is 2. The Balaban J connectivity index is 1.84. The third kappa shape index (κ3) is 3.29. The average Bonchev–Trinajstić information content (AvgIpc) is 3.19. The van der Waals surface area contributed by atoms with Crippen molar-refractivity contribution >= 4 is 23.5 Å². The van der Waals surface area contributed by atoms with E-state index in [9.17, 15) is 14.9 Å². The van der Waals surface area contributed by atoms with Crippen LogP contribution in [0.25, 0.3) is 6.08 Å². The Hall–Kier alpha value is -4.17. The minimum atomic E-state index is -1.62. The van der Waals surface area contributed by atoms with Crippen LogP contribution in [-0.2, 0) is 9.53 Å². The van der Waals surface area contributed by atoms with Gasteiger partial charge in [-0.25, -0.2) is 0 Å². The van der Waals surface area contributed by atoms with Gasteiger partial charge in [0.15, 0.2) is 11.2 Å². The molecular weight excluding hydrogens is 436 g/mol. The molecule has 2 aliphatic heterocycles. The van der Waals surface area contributed by atoms with Gasteiger partial charge in [0.25, 0.3) is 0 Å². The van der Waals surface area contributed by atoms with Gasteiger partial charge in [-0.1, -0.05) is 84.4 Å². The quantitative estimate of drug-likeness (QED) is 0.392. The molecular formula is C30H26N2O3. The number of ether oxygens (including phenoxy) is 1. The SMILES string of the molecule is COC(=O)[C@@]1(C#N)[C@@H](c2ccc(C)cc2C)[C@H](C(=O)c2ccccc2)N2c3ccccc3C=C[C@@H]21. The van der Waals surface area contributed by atoms with Crippen molar-refractivity contribution in [1.29, 1.82) is 5.26 Å². The maximum absolute atomic E-state index is 14.3. The minimum absolute atomic E-state index is 0.133. The van der Waals surface area contributed by atoms with E-state index in [-0.39, 0.29) is 5.78 Å². The molecule has 2 aliphatic rings. The van der Waals surface area contributed by atoms with Crippen LogP contribution >= 0.6 is 0 Å². The number of nitriles is 1. The second-order valence-electron chi connectivity index (χ2n) is 9.26. The monoisotopic (exact) mass is 462 g/mol. The second kappa shape index (κ2) is 8.56. The standard InChI is InChI=1S/C30H26N2O3/c1-19-13-15-23(20(2)17-19)26-27(28(33)22-10-5-4-6-11-22)32-24-12-8-7-9-21(24)14-16-25(32)30(26,18-31)29(34)35-3/h4-17,25-27H,1-3H3/t25-,26+,27-,30-/m1/s1. The average molecular weight is 463 g/mol. The van der Waals surface area contributed by atoms with Crippen LogP contribution < -0.4 is 4.90 Å². The number of carbonyl (C=O) groups excluding carboxylic acids is 2. The van der Waals surface area contributed by atoms with Gasteiger partial charge in [0.1, 0.15) is 6.04 Å². The molecule has 5 nitrogen and oxygen atoms in total. The maximum Gasteiger partial charge on any atom is 0.329 e. The molecule has 0 saturated carbocycles. The highest BCUT2D eigenvalue weighted by molar-refractivity contribution is 6.06. The summed E-state index contributed by atoms with van der Waals surface area (Å²) in [4.78, 5) is 29.8. The number of fused-ring (bicyclic) bond motifs is 3. The molecule has 35 heavy (non-hydrogen) atoms. The van der Waals surface area contributed by atoms with E-state index in [0.717, 1.165) is 27.9 Å². The summed E-state index contributed by atoms with van der Waals surface area (Å²) < 4.78 is 5.28. The van der Waals surface area contributed by atoms with Crippen LogP contribution in [0.2, 0.25) is 0 Å². The summed E-state index contributed by atoms with van der Waals surface area (Å²) in [6, 6.07) is 23.7. The molecule has 4 atom stereocenters. The number of rotatable bonds is 4. The van der Waals surface area contributed by atoms with E-state index in [1.807, 2.05) is 91.6 Å². The summed E-state index contributed by atoms with van der Waals surface area (Å²) in [6.45, 7) is 3.96. The second-order valence-corrected chi connectivity index (χ2v) is 9.26. The molecule has 3 aromatic rings. The van der Waals surface area contributed by atoms with Crippen molar-refractivity contribution < 1.29 is 14.3 Å². The highest BCUT2D eigenvalue weighted by Gasteiger charge is 2.67. The molecule has 0 radical (unpaired) electrons. The Morgan fingerprint density at radius 1 is 1.00 bits per heavy atom. The summed E-state index contributed by atoms with van der Waals surface area (Å²) in [5, 5.41) is 10.7. The fourth-order valence-corrected chi connectivity index (χ4v) is 5.83. The van der Waals surface area contributed by atoms with Gasteiger partial charge in [0, 0.05) is 17.2 Å². The van der Waals surface area contributed by atoms with E-state index in [2.05, 4.69) is 6.07 Å². The lowest BCUT2D eigenvalue weighted by atomic mass is 9.67. The van der Waals surface area contributed by atoms with Crippen LogP contribution in [0.4, 0.5) is 5.69 Å². The van der Waals surface area contributed by atoms with Crippen LogP contribution in [0.5, 0.6) is 0 Å². The number of benzene rings is 3. The molecule has 0 aliphatic carbocycles. The minimum Gasteiger partial charge on any atom is -0.468 e. The van der Waals surface area contributed by atoms with Gasteiger partial charge in [-0.2, -0.15) is 5.26 Å². The number of esters is 1. The lowest BCUT2D eigenvalue weighted by Crippen LogP contribution is -2.46. The van der Waals surface area contributed by atoms with Crippen molar-refractivity contribution in [2.75, 3.05) is 12.0 Å². The predicted octanol–water partition coefficient (Wildman–Crippen LogP) is 5.24. The Morgan fingerprint density at radius 2 is 1.71 bits per heavy atom. The van der Waals surface area contributed by atoms with E-state index < -0.39 is 29.4 Å². The number of methoxy groups -OCH3 is 1. The summed E-state index contributed by atoms with van der Waals surface area (Å²) in [5.41, 5.74) is 3.49. The van der Waals surface area contributed by atoms with Gasteiger partial charge in [-0.05, 0) is 36.6 Å². The van der Waals surface area contributed by atoms with Crippen molar-refractivity contribution in [3.8, 4) is 6.07 Å². The van der Waals surface area contributed by atoms with Gasteiger partial charge in [-0.15, -0.1) is 0 Å². The van der Waals surface area contributed by atoms with E-state index in [0.29, 0.717) is 5.56 Å². The molecule has 0 N–H and O–H groups in total. The van der Waals surface area contributed by atoms with Gasteiger partial charge in [0.05, 0.1) is 19.2 Å². The van der Waals surface area contributed by atoms with Crippen molar-refractivity contribution in [2.45, 2.75) is 31.8 Å². The largest absolute Gasteiger partial charge is 0.468 e. The highest BCUT2D eigenvalue weighted by Crippen LogP contribution is 2.56. The van der Waals surface area contributed by atoms with Crippen LogP contribution in [0, 0.1) is 30.6 Å². The Morgan fingerprint density at radius 3 is 2.40 bits per heavy atom. The van der Waals surface area contributed by atoms with Crippen molar-refractivity contribution in [3.05, 3.63) is 107 Å². The van der Waals surface area contributed by atoms with Gasteiger partial charge >= 0.3 is 5.97 Å². The highest BCUT2D eigenvalue weighted by atomic mass is 16.5. The molecule has 0 aromatic heterocycles.